The van der Waals surface area contributed by atoms with Crippen LogP contribution in [0.2, 0.25) is 5.02 Å². The van der Waals surface area contributed by atoms with E-state index < -0.39 is 23.9 Å². The zero-order valence-corrected chi connectivity index (χ0v) is 14.9. The number of rotatable bonds is 7. The molecule has 0 saturated heterocycles. The number of aliphatic carboxylic acids is 1. The van der Waals surface area contributed by atoms with Crippen LogP contribution < -0.4 is 0 Å². The Labute approximate surface area is 156 Å². The Morgan fingerprint density at radius 2 is 1.92 bits per heavy atom. The van der Waals surface area contributed by atoms with E-state index in [1.165, 1.54) is 12.1 Å². The lowest BCUT2D eigenvalue weighted by atomic mass is 10.0. The molecule has 0 heterocycles. The van der Waals surface area contributed by atoms with Gasteiger partial charge in [0.15, 0.2) is 6.04 Å². The average molecular weight is 380 g/mol. The summed E-state index contributed by atoms with van der Waals surface area (Å²) >= 11 is 5.87. The van der Waals surface area contributed by atoms with Crippen LogP contribution in [0.4, 0.5) is 9.18 Å². The number of carbonyl (C=O) groups excluding carboxylic acids is 1. The Balaban J connectivity index is 2.27. The fourth-order valence-electron chi connectivity index (χ4n) is 2.53. The summed E-state index contributed by atoms with van der Waals surface area (Å²) in [7, 11) is 0. The van der Waals surface area contributed by atoms with Crippen molar-refractivity contribution >= 4 is 23.7 Å². The summed E-state index contributed by atoms with van der Waals surface area (Å²) in [6.45, 7) is 1.87. The van der Waals surface area contributed by atoms with Crippen molar-refractivity contribution in [2.75, 3.05) is 6.54 Å². The maximum atomic E-state index is 14.2. The molecule has 1 atom stereocenters. The highest BCUT2D eigenvalue weighted by Gasteiger charge is 2.34. The minimum atomic E-state index is -1.53. The number of halogens is 2. The number of carbonyl (C=O) groups is 2. The highest BCUT2D eigenvalue weighted by atomic mass is 35.5. The van der Waals surface area contributed by atoms with Gasteiger partial charge in [0.1, 0.15) is 12.4 Å². The van der Waals surface area contributed by atoms with Gasteiger partial charge in [0.2, 0.25) is 0 Å². The predicted octanol–water partition coefficient (Wildman–Crippen LogP) is 4.65. The molecule has 0 aliphatic rings. The van der Waals surface area contributed by atoms with Crippen LogP contribution in [-0.2, 0) is 16.1 Å². The van der Waals surface area contributed by atoms with E-state index in [2.05, 4.69) is 0 Å². The van der Waals surface area contributed by atoms with E-state index in [4.69, 9.17) is 16.3 Å². The Hall–Kier alpha value is -2.60. The summed E-state index contributed by atoms with van der Waals surface area (Å²) in [5, 5.41) is 9.80. The molecular formula is C19H19ClFNO4. The van der Waals surface area contributed by atoms with E-state index in [9.17, 15) is 19.1 Å². The van der Waals surface area contributed by atoms with Gasteiger partial charge in [0.05, 0.1) is 0 Å². The van der Waals surface area contributed by atoms with E-state index in [-0.39, 0.29) is 23.7 Å². The molecule has 2 aromatic carbocycles. The maximum Gasteiger partial charge on any atom is 0.411 e. The van der Waals surface area contributed by atoms with Crippen molar-refractivity contribution in [3.63, 3.8) is 0 Å². The summed E-state index contributed by atoms with van der Waals surface area (Å²) in [5.41, 5.74) is 0.577. The number of benzene rings is 2. The summed E-state index contributed by atoms with van der Waals surface area (Å²) < 4.78 is 19.4. The molecule has 1 N–H and O–H groups in total. The van der Waals surface area contributed by atoms with E-state index >= 15 is 0 Å². The minimum Gasteiger partial charge on any atom is -0.479 e. The van der Waals surface area contributed by atoms with Crippen molar-refractivity contribution in [2.24, 2.45) is 0 Å². The molecule has 138 valence electrons. The molecule has 2 aromatic rings. The number of carboxylic acid groups (broad SMARTS) is 1. The zero-order chi connectivity index (χ0) is 19.1. The van der Waals surface area contributed by atoms with Crippen molar-refractivity contribution in [2.45, 2.75) is 26.0 Å². The molecule has 2 rings (SSSR count). The molecule has 0 fully saturated rings. The molecule has 26 heavy (non-hydrogen) atoms. The summed E-state index contributed by atoms with van der Waals surface area (Å²) in [6, 6.07) is 11.1. The third-order valence-electron chi connectivity index (χ3n) is 3.70. The van der Waals surface area contributed by atoms with Crippen LogP contribution in [0.15, 0.2) is 48.5 Å². The van der Waals surface area contributed by atoms with E-state index in [1.54, 1.807) is 31.2 Å². The van der Waals surface area contributed by atoms with E-state index in [0.717, 1.165) is 16.5 Å². The molecule has 1 amide bonds. The van der Waals surface area contributed by atoms with Gasteiger partial charge in [-0.05, 0) is 30.2 Å². The second-order valence-corrected chi connectivity index (χ2v) is 6.08. The summed E-state index contributed by atoms with van der Waals surface area (Å²) in [5.74, 6) is -2.12. The fraction of sp³-hybridized carbons (Fsp3) is 0.263. The van der Waals surface area contributed by atoms with Gasteiger partial charge in [-0.15, -0.1) is 0 Å². The van der Waals surface area contributed by atoms with Crippen molar-refractivity contribution in [3.05, 3.63) is 70.5 Å². The van der Waals surface area contributed by atoms with Gasteiger partial charge in [0, 0.05) is 17.1 Å². The van der Waals surface area contributed by atoms with Gasteiger partial charge in [-0.1, -0.05) is 48.9 Å². The average Bonchev–Trinajstić information content (AvgIpc) is 2.62. The Kier molecular flexibility index (Phi) is 6.97. The molecule has 0 aromatic heterocycles. The van der Waals surface area contributed by atoms with Gasteiger partial charge in [0.25, 0.3) is 0 Å². The zero-order valence-electron chi connectivity index (χ0n) is 14.2. The first kappa shape index (κ1) is 19.7. The Morgan fingerprint density at radius 1 is 1.23 bits per heavy atom. The quantitative estimate of drug-likeness (QED) is 0.760. The third-order valence-corrected chi connectivity index (χ3v) is 3.94. The molecule has 0 aliphatic carbocycles. The highest BCUT2D eigenvalue weighted by molar-refractivity contribution is 6.30. The fourth-order valence-corrected chi connectivity index (χ4v) is 2.71. The predicted molar refractivity (Wildman–Crippen MR) is 95.4 cm³/mol. The van der Waals surface area contributed by atoms with Crippen molar-refractivity contribution in [1.29, 1.82) is 0 Å². The van der Waals surface area contributed by atoms with Crippen LogP contribution in [-0.4, -0.2) is 28.6 Å². The van der Waals surface area contributed by atoms with Crippen LogP contribution in [0.3, 0.4) is 0 Å². The second kappa shape index (κ2) is 9.20. The first-order valence-electron chi connectivity index (χ1n) is 8.09. The Bertz CT molecular complexity index is 769. The number of hydrogen-bond donors (Lipinski definition) is 1. The molecule has 0 bridgehead atoms. The lowest BCUT2D eigenvalue weighted by molar-refractivity contribution is -0.143. The standard InChI is InChI=1S/C19H19ClFNO4/c1-2-10-22(19(25)26-12-13-6-4-3-5-7-13)17(18(23)24)15-11-14(20)8-9-16(15)21/h3-9,11,17H,2,10,12H2,1H3,(H,23,24). The Morgan fingerprint density at radius 3 is 2.54 bits per heavy atom. The highest BCUT2D eigenvalue weighted by Crippen LogP contribution is 2.27. The molecule has 0 radical (unpaired) electrons. The van der Waals surface area contributed by atoms with Gasteiger partial charge in [-0.25, -0.2) is 14.0 Å². The monoisotopic (exact) mass is 379 g/mol. The number of hydrogen-bond acceptors (Lipinski definition) is 3. The van der Waals surface area contributed by atoms with Crippen LogP contribution >= 0.6 is 11.6 Å². The summed E-state index contributed by atoms with van der Waals surface area (Å²) in [4.78, 5) is 25.3. The molecule has 0 aliphatic heterocycles. The van der Waals surface area contributed by atoms with Gasteiger partial charge >= 0.3 is 12.1 Å². The van der Waals surface area contributed by atoms with Crippen LogP contribution in [0, 0.1) is 5.82 Å². The normalized spacial score (nSPS) is 11.7. The first-order chi connectivity index (χ1) is 12.4. The smallest absolute Gasteiger partial charge is 0.411 e. The van der Waals surface area contributed by atoms with Crippen LogP contribution in [0.1, 0.15) is 30.5 Å². The molecule has 0 spiro atoms. The topological polar surface area (TPSA) is 66.8 Å². The number of ether oxygens (including phenoxy) is 1. The molecule has 0 saturated carbocycles. The van der Waals surface area contributed by atoms with Crippen molar-refractivity contribution < 1.29 is 23.8 Å². The SMILES string of the molecule is CCCN(C(=O)OCc1ccccc1)C(C(=O)O)c1cc(Cl)ccc1F. The van der Waals surface area contributed by atoms with E-state index in [0.29, 0.717) is 6.42 Å². The molecular weight excluding hydrogens is 361 g/mol. The lowest BCUT2D eigenvalue weighted by Crippen LogP contribution is -2.40. The number of nitrogens with zero attached hydrogens (tertiary/aromatic N) is 1. The van der Waals surface area contributed by atoms with Crippen molar-refractivity contribution in [1.82, 2.24) is 4.90 Å². The number of amides is 1. The first-order valence-corrected chi connectivity index (χ1v) is 8.47. The summed E-state index contributed by atoms with van der Waals surface area (Å²) in [6.07, 6.45) is -0.352. The van der Waals surface area contributed by atoms with Gasteiger partial charge in [-0.3, -0.25) is 4.90 Å². The molecule has 5 nitrogen and oxygen atoms in total. The molecule has 1 unspecified atom stereocenters. The van der Waals surface area contributed by atoms with Gasteiger partial charge in [-0.2, -0.15) is 0 Å². The van der Waals surface area contributed by atoms with Crippen LogP contribution in [0.5, 0.6) is 0 Å². The minimum absolute atomic E-state index is 0.00967. The molecule has 7 heteroatoms. The van der Waals surface area contributed by atoms with E-state index in [1.807, 2.05) is 6.07 Å². The van der Waals surface area contributed by atoms with Crippen molar-refractivity contribution in [3.8, 4) is 0 Å². The third kappa shape index (κ3) is 4.95. The van der Waals surface area contributed by atoms with Gasteiger partial charge < -0.3 is 9.84 Å². The van der Waals surface area contributed by atoms with Crippen LogP contribution in [0.25, 0.3) is 0 Å². The largest absolute Gasteiger partial charge is 0.479 e. The number of carboxylic acids is 1. The maximum absolute atomic E-state index is 14.2. The lowest BCUT2D eigenvalue weighted by Gasteiger charge is -2.28. The second-order valence-electron chi connectivity index (χ2n) is 5.64.